The molecule has 2 aromatic rings. The summed E-state index contributed by atoms with van der Waals surface area (Å²) in [5.74, 6) is 0.103. The standard InChI is InChI=1S/C24H31N3O4S/c28-24(25-15-10-18-26-16-8-1-2-9-17-26)23-19-27(21-13-6-7-14-22(21)31-23)32(29,30)20-11-4-3-5-12-20/h3-7,11-14,23H,1-2,8-10,15-19H2,(H,25,28)/t23-/m0/s1. The third-order valence-electron chi connectivity index (χ3n) is 6.01. The molecule has 4 rings (SSSR count). The molecule has 2 aromatic carbocycles. The minimum Gasteiger partial charge on any atom is -0.476 e. The first-order valence-corrected chi connectivity index (χ1v) is 12.8. The molecule has 0 bridgehead atoms. The molecule has 0 saturated carbocycles. The third kappa shape index (κ3) is 5.24. The van der Waals surface area contributed by atoms with Gasteiger partial charge in [-0.05, 0) is 63.2 Å². The molecule has 7 nitrogen and oxygen atoms in total. The van der Waals surface area contributed by atoms with Crippen molar-refractivity contribution in [3.05, 3.63) is 54.6 Å². The summed E-state index contributed by atoms with van der Waals surface area (Å²) in [6.07, 6.45) is 5.05. The first kappa shape index (κ1) is 22.6. The lowest BCUT2D eigenvalue weighted by molar-refractivity contribution is -0.127. The van der Waals surface area contributed by atoms with Gasteiger partial charge in [-0.15, -0.1) is 0 Å². The Bertz CT molecular complexity index is 1000. The molecule has 8 heteroatoms. The van der Waals surface area contributed by atoms with Gasteiger partial charge in [-0.1, -0.05) is 43.2 Å². The Morgan fingerprint density at radius 2 is 1.66 bits per heavy atom. The van der Waals surface area contributed by atoms with Gasteiger partial charge in [-0.3, -0.25) is 9.10 Å². The lowest BCUT2D eigenvalue weighted by Crippen LogP contribution is -2.51. The second-order valence-electron chi connectivity index (χ2n) is 8.32. The van der Waals surface area contributed by atoms with Crippen molar-refractivity contribution in [2.45, 2.75) is 43.1 Å². The van der Waals surface area contributed by atoms with Gasteiger partial charge in [0.15, 0.2) is 6.10 Å². The van der Waals surface area contributed by atoms with E-state index in [1.807, 2.05) is 0 Å². The van der Waals surface area contributed by atoms with E-state index in [-0.39, 0.29) is 17.3 Å². The Morgan fingerprint density at radius 3 is 2.41 bits per heavy atom. The normalized spacial score (nSPS) is 19.5. The maximum absolute atomic E-state index is 13.3. The highest BCUT2D eigenvalue weighted by atomic mass is 32.2. The molecular formula is C24H31N3O4S. The minimum absolute atomic E-state index is 0.0633. The highest BCUT2D eigenvalue weighted by Gasteiger charge is 2.37. The van der Waals surface area contributed by atoms with Gasteiger partial charge in [0.25, 0.3) is 15.9 Å². The van der Waals surface area contributed by atoms with Crippen molar-refractivity contribution in [3.8, 4) is 5.75 Å². The molecule has 172 valence electrons. The highest BCUT2D eigenvalue weighted by molar-refractivity contribution is 7.92. The van der Waals surface area contributed by atoms with Crippen LogP contribution in [0.1, 0.15) is 32.1 Å². The van der Waals surface area contributed by atoms with Gasteiger partial charge in [0.2, 0.25) is 0 Å². The monoisotopic (exact) mass is 457 g/mol. The summed E-state index contributed by atoms with van der Waals surface area (Å²) in [7, 11) is -3.82. The first-order chi connectivity index (χ1) is 15.6. The van der Waals surface area contributed by atoms with Gasteiger partial charge < -0.3 is 15.0 Å². The molecule has 1 N–H and O–H groups in total. The molecule has 0 aliphatic carbocycles. The fourth-order valence-electron chi connectivity index (χ4n) is 4.27. The Balaban J connectivity index is 1.41. The van der Waals surface area contributed by atoms with Crippen LogP contribution in [0.2, 0.25) is 0 Å². The molecule has 1 saturated heterocycles. The third-order valence-corrected chi connectivity index (χ3v) is 7.80. The van der Waals surface area contributed by atoms with Crippen LogP contribution in [0.4, 0.5) is 5.69 Å². The van der Waals surface area contributed by atoms with Crippen LogP contribution in [-0.2, 0) is 14.8 Å². The topological polar surface area (TPSA) is 79.0 Å². The van der Waals surface area contributed by atoms with E-state index in [0.29, 0.717) is 18.0 Å². The molecule has 1 atom stereocenters. The van der Waals surface area contributed by atoms with Gasteiger partial charge in [0, 0.05) is 6.54 Å². The van der Waals surface area contributed by atoms with E-state index in [1.54, 1.807) is 54.6 Å². The number of likely N-dealkylation sites (tertiary alicyclic amines) is 1. The van der Waals surface area contributed by atoms with Gasteiger partial charge >= 0.3 is 0 Å². The summed E-state index contributed by atoms with van der Waals surface area (Å²) in [6, 6.07) is 15.2. The van der Waals surface area contributed by atoms with E-state index >= 15 is 0 Å². The Hall–Kier alpha value is -2.58. The summed E-state index contributed by atoms with van der Waals surface area (Å²) in [5.41, 5.74) is 0.446. The van der Waals surface area contributed by atoms with Crippen molar-refractivity contribution < 1.29 is 17.9 Å². The zero-order chi connectivity index (χ0) is 22.4. The number of benzene rings is 2. The molecule has 1 amide bonds. The molecule has 2 aliphatic heterocycles. The lowest BCUT2D eigenvalue weighted by atomic mass is 10.2. The lowest BCUT2D eigenvalue weighted by Gasteiger charge is -2.34. The Labute approximate surface area is 190 Å². The Morgan fingerprint density at radius 1 is 0.969 bits per heavy atom. The van der Waals surface area contributed by atoms with Crippen molar-refractivity contribution >= 4 is 21.6 Å². The van der Waals surface area contributed by atoms with Crippen molar-refractivity contribution in [2.24, 2.45) is 0 Å². The van der Waals surface area contributed by atoms with Crippen LogP contribution in [0.3, 0.4) is 0 Å². The van der Waals surface area contributed by atoms with Crippen LogP contribution < -0.4 is 14.4 Å². The van der Waals surface area contributed by atoms with Crippen molar-refractivity contribution in [3.63, 3.8) is 0 Å². The van der Waals surface area contributed by atoms with Crippen LogP contribution in [0, 0.1) is 0 Å². The van der Waals surface area contributed by atoms with Crippen LogP contribution in [0.25, 0.3) is 0 Å². The molecule has 0 aromatic heterocycles. The fraction of sp³-hybridized carbons (Fsp3) is 0.458. The van der Waals surface area contributed by atoms with Gasteiger partial charge in [0.05, 0.1) is 17.1 Å². The summed E-state index contributed by atoms with van der Waals surface area (Å²) < 4.78 is 33.8. The number of para-hydroxylation sites is 2. The smallest absolute Gasteiger partial charge is 0.264 e. The largest absolute Gasteiger partial charge is 0.476 e. The van der Waals surface area contributed by atoms with Gasteiger partial charge in [0.1, 0.15) is 5.75 Å². The zero-order valence-electron chi connectivity index (χ0n) is 18.3. The van der Waals surface area contributed by atoms with Crippen molar-refractivity contribution in [2.75, 3.05) is 37.0 Å². The number of nitrogens with one attached hydrogen (secondary N) is 1. The van der Waals surface area contributed by atoms with Crippen LogP contribution in [0.5, 0.6) is 5.75 Å². The first-order valence-electron chi connectivity index (χ1n) is 11.4. The molecule has 32 heavy (non-hydrogen) atoms. The number of hydrogen-bond acceptors (Lipinski definition) is 5. The number of amides is 1. The molecule has 2 aliphatic rings. The van der Waals surface area contributed by atoms with E-state index in [2.05, 4.69) is 10.2 Å². The number of fused-ring (bicyclic) bond motifs is 1. The fourth-order valence-corrected chi connectivity index (χ4v) is 5.77. The van der Waals surface area contributed by atoms with Crippen molar-refractivity contribution in [1.29, 1.82) is 0 Å². The van der Waals surface area contributed by atoms with Crippen LogP contribution in [-0.4, -0.2) is 58.1 Å². The average Bonchev–Trinajstić information content (AvgIpc) is 3.10. The van der Waals surface area contributed by atoms with E-state index in [4.69, 9.17) is 4.74 Å². The second kappa shape index (κ2) is 10.4. The van der Waals surface area contributed by atoms with E-state index < -0.39 is 16.1 Å². The van der Waals surface area contributed by atoms with Crippen LogP contribution in [0.15, 0.2) is 59.5 Å². The molecule has 0 unspecified atom stereocenters. The summed E-state index contributed by atoms with van der Waals surface area (Å²) in [4.78, 5) is 15.5. The summed E-state index contributed by atoms with van der Waals surface area (Å²) in [5, 5.41) is 2.94. The van der Waals surface area contributed by atoms with Gasteiger partial charge in [-0.25, -0.2) is 8.42 Å². The summed E-state index contributed by atoms with van der Waals surface area (Å²) >= 11 is 0. The van der Waals surface area contributed by atoms with E-state index in [0.717, 1.165) is 26.1 Å². The number of rotatable bonds is 7. The zero-order valence-corrected chi connectivity index (χ0v) is 19.1. The molecular weight excluding hydrogens is 426 g/mol. The SMILES string of the molecule is O=C(NCCCN1CCCCCC1)[C@@H]1CN(S(=O)(=O)c2ccccc2)c2ccccc2O1. The number of nitrogens with zero attached hydrogens (tertiary/aromatic N) is 2. The molecule has 1 fully saturated rings. The number of hydrogen-bond donors (Lipinski definition) is 1. The molecule has 0 radical (unpaired) electrons. The highest BCUT2D eigenvalue weighted by Crippen LogP contribution is 2.36. The predicted molar refractivity (Wildman–Crippen MR) is 124 cm³/mol. The van der Waals surface area contributed by atoms with Crippen LogP contribution >= 0.6 is 0 Å². The minimum atomic E-state index is -3.82. The average molecular weight is 458 g/mol. The van der Waals surface area contributed by atoms with Gasteiger partial charge in [-0.2, -0.15) is 0 Å². The second-order valence-corrected chi connectivity index (χ2v) is 10.2. The maximum Gasteiger partial charge on any atom is 0.264 e. The number of ether oxygens (including phenoxy) is 1. The number of carbonyl (C=O) groups excluding carboxylic acids is 1. The van der Waals surface area contributed by atoms with E-state index in [1.165, 1.54) is 30.0 Å². The van der Waals surface area contributed by atoms with Crippen molar-refractivity contribution in [1.82, 2.24) is 10.2 Å². The predicted octanol–water partition coefficient (Wildman–Crippen LogP) is 3.03. The molecule has 0 spiro atoms. The quantitative estimate of drug-likeness (QED) is 0.647. The maximum atomic E-state index is 13.3. The molecule has 2 heterocycles. The van der Waals surface area contributed by atoms with E-state index in [9.17, 15) is 13.2 Å². The Kier molecular flexibility index (Phi) is 7.32. The number of sulfonamides is 1. The number of anilines is 1. The number of carbonyl (C=O) groups is 1. The summed E-state index contributed by atoms with van der Waals surface area (Å²) in [6.45, 7) is 3.70.